The number of allylic oxidation sites excluding steroid dienone is 2. The van der Waals surface area contributed by atoms with Crippen LogP contribution < -0.4 is 10.6 Å². The van der Waals surface area contributed by atoms with Crippen LogP contribution >= 0.6 is 0 Å². The van der Waals surface area contributed by atoms with Gasteiger partial charge in [0.2, 0.25) is 0 Å². The molecule has 1 aromatic rings. The van der Waals surface area contributed by atoms with E-state index >= 15 is 0 Å². The van der Waals surface area contributed by atoms with E-state index in [1.807, 2.05) is 0 Å². The van der Waals surface area contributed by atoms with Gasteiger partial charge in [0, 0.05) is 17.2 Å². The quantitative estimate of drug-likeness (QED) is 0.820. The summed E-state index contributed by atoms with van der Waals surface area (Å²) in [6.45, 7) is 12.9. The summed E-state index contributed by atoms with van der Waals surface area (Å²) in [6, 6.07) is 10.8. The Morgan fingerprint density at radius 2 is 1.91 bits per heavy atom. The van der Waals surface area contributed by atoms with Gasteiger partial charge in [0.1, 0.15) is 12.0 Å². The number of nitrogens with zero attached hydrogens (tertiary/aromatic N) is 1. The maximum absolute atomic E-state index is 4.92. The molecule has 1 aromatic carbocycles. The van der Waals surface area contributed by atoms with Gasteiger partial charge in [-0.15, -0.1) is 0 Å². The molecule has 0 spiro atoms. The average molecular weight is 311 g/mol. The zero-order chi connectivity index (χ0) is 17.0. The Hall–Kier alpha value is -2.03. The summed E-state index contributed by atoms with van der Waals surface area (Å²) in [5.41, 5.74) is 3.64. The van der Waals surface area contributed by atoms with E-state index in [1.54, 1.807) is 0 Å². The van der Waals surface area contributed by atoms with Crippen LogP contribution in [0.3, 0.4) is 0 Å². The van der Waals surface area contributed by atoms with Crippen molar-refractivity contribution < 1.29 is 0 Å². The third kappa shape index (κ3) is 4.47. The third-order valence-electron chi connectivity index (χ3n) is 4.15. The van der Waals surface area contributed by atoms with Crippen LogP contribution in [0, 0.1) is 0 Å². The van der Waals surface area contributed by atoms with Crippen LogP contribution in [-0.4, -0.2) is 18.0 Å². The Morgan fingerprint density at radius 1 is 1.26 bits per heavy atom. The average Bonchev–Trinajstić information content (AvgIpc) is 2.46. The maximum Gasteiger partial charge on any atom is 0.130 e. The molecule has 1 aliphatic rings. The van der Waals surface area contributed by atoms with Gasteiger partial charge in [-0.3, -0.25) is 0 Å². The first-order valence-corrected chi connectivity index (χ1v) is 8.29. The largest absolute Gasteiger partial charge is 0.367 e. The summed E-state index contributed by atoms with van der Waals surface area (Å²) in [4.78, 5) is 4.92. The minimum atomic E-state index is -0.0938. The van der Waals surface area contributed by atoms with Crippen molar-refractivity contribution in [3.8, 4) is 0 Å². The lowest BCUT2D eigenvalue weighted by Crippen LogP contribution is -2.47. The van der Waals surface area contributed by atoms with Crippen molar-refractivity contribution in [2.45, 2.75) is 59.2 Å². The summed E-state index contributed by atoms with van der Waals surface area (Å²) in [5.74, 6) is 0.945. The number of aliphatic imine (C=N–C) groups is 1. The van der Waals surface area contributed by atoms with E-state index in [4.69, 9.17) is 4.99 Å². The number of benzene rings is 1. The van der Waals surface area contributed by atoms with E-state index in [9.17, 15) is 0 Å². The van der Waals surface area contributed by atoms with Gasteiger partial charge < -0.3 is 10.6 Å². The lowest BCUT2D eigenvalue weighted by molar-refractivity contribution is 0.368. The summed E-state index contributed by atoms with van der Waals surface area (Å²) >= 11 is 0. The van der Waals surface area contributed by atoms with E-state index in [0.717, 1.165) is 11.5 Å². The zero-order valence-electron chi connectivity index (χ0n) is 15.1. The van der Waals surface area contributed by atoms with Crippen LogP contribution in [0.2, 0.25) is 0 Å². The molecule has 0 aliphatic carbocycles. The fourth-order valence-electron chi connectivity index (χ4n) is 2.89. The van der Waals surface area contributed by atoms with Gasteiger partial charge in [-0.25, -0.2) is 4.99 Å². The molecule has 0 fully saturated rings. The fourth-order valence-corrected chi connectivity index (χ4v) is 2.89. The molecule has 1 aliphatic heterocycles. The molecule has 2 unspecified atom stereocenters. The molecule has 1 heterocycles. The van der Waals surface area contributed by atoms with Gasteiger partial charge in [0.25, 0.3) is 0 Å². The number of hydrogen-bond acceptors (Lipinski definition) is 3. The van der Waals surface area contributed by atoms with E-state index in [-0.39, 0.29) is 17.6 Å². The van der Waals surface area contributed by atoms with Gasteiger partial charge >= 0.3 is 0 Å². The van der Waals surface area contributed by atoms with Crippen LogP contribution in [0.4, 0.5) is 0 Å². The van der Waals surface area contributed by atoms with Crippen LogP contribution in [0.15, 0.2) is 58.7 Å². The molecular weight excluding hydrogens is 282 g/mol. The van der Waals surface area contributed by atoms with Gasteiger partial charge in [0.15, 0.2) is 0 Å². The highest BCUT2D eigenvalue weighted by Crippen LogP contribution is 2.29. The van der Waals surface area contributed by atoms with Crippen LogP contribution in [0.25, 0.3) is 0 Å². The van der Waals surface area contributed by atoms with E-state index < -0.39 is 0 Å². The molecule has 2 rings (SSSR count). The van der Waals surface area contributed by atoms with Gasteiger partial charge in [-0.2, -0.15) is 0 Å². The number of rotatable bonds is 4. The molecular formula is C20H29N3. The van der Waals surface area contributed by atoms with E-state index in [2.05, 4.69) is 94.7 Å². The first-order chi connectivity index (χ1) is 10.8. The molecule has 0 aromatic heterocycles. The highest BCUT2D eigenvalue weighted by Gasteiger charge is 2.32. The maximum atomic E-state index is 4.92. The summed E-state index contributed by atoms with van der Waals surface area (Å²) in [6.07, 6.45) is 4.30. The second kappa shape index (κ2) is 7.03. The molecule has 124 valence electrons. The first kappa shape index (κ1) is 17.3. The Morgan fingerprint density at radius 3 is 2.52 bits per heavy atom. The summed E-state index contributed by atoms with van der Waals surface area (Å²) in [7, 11) is 0. The molecule has 0 amide bonds. The van der Waals surface area contributed by atoms with Crippen molar-refractivity contribution in [3.63, 3.8) is 0 Å². The minimum Gasteiger partial charge on any atom is -0.367 e. The van der Waals surface area contributed by atoms with Crippen molar-refractivity contribution in [1.82, 2.24) is 10.6 Å². The standard InChI is InChI=1S/C20H29N3/c1-14(2)12-15(3)21-18-13-16(4)22-19(23-18)20(5,6)17-10-8-7-9-11-17/h7-13,15,19,22H,1-6H3,(H,21,23). The molecule has 0 radical (unpaired) electrons. The summed E-state index contributed by atoms with van der Waals surface area (Å²) in [5, 5.41) is 7.01. The SMILES string of the molecule is CC(C)=CC(C)NC1=NC(C(C)(C)c2ccccc2)NC(C)=C1. The lowest BCUT2D eigenvalue weighted by atomic mass is 9.81. The molecule has 2 N–H and O–H groups in total. The zero-order valence-corrected chi connectivity index (χ0v) is 15.1. The van der Waals surface area contributed by atoms with Gasteiger partial charge in [0.05, 0.1) is 0 Å². The molecule has 23 heavy (non-hydrogen) atoms. The van der Waals surface area contributed by atoms with Crippen molar-refractivity contribution in [1.29, 1.82) is 0 Å². The molecule has 0 bridgehead atoms. The molecule has 2 atom stereocenters. The second-order valence-electron chi connectivity index (χ2n) is 7.15. The predicted octanol–water partition coefficient (Wildman–Crippen LogP) is 4.14. The second-order valence-corrected chi connectivity index (χ2v) is 7.15. The Balaban J connectivity index is 2.23. The van der Waals surface area contributed by atoms with Crippen LogP contribution in [0.5, 0.6) is 0 Å². The predicted molar refractivity (Wildman–Crippen MR) is 99.6 cm³/mol. The number of amidine groups is 1. The van der Waals surface area contributed by atoms with Gasteiger partial charge in [-0.05, 0) is 39.3 Å². The van der Waals surface area contributed by atoms with Crippen molar-refractivity contribution in [3.05, 3.63) is 59.3 Å². The minimum absolute atomic E-state index is 0.0105. The molecule has 3 heteroatoms. The fraction of sp³-hybridized carbons (Fsp3) is 0.450. The molecule has 3 nitrogen and oxygen atoms in total. The van der Waals surface area contributed by atoms with E-state index in [0.29, 0.717) is 0 Å². The lowest BCUT2D eigenvalue weighted by Gasteiger charge is -2.36. The first-order valence-electron chi connectivity index (χ1n) is 8.29. The number of hydrogen-bond donors (Lipinski definition) is 2. The monoisotopic (exact) mass is 311 g/mol. The Kier molecular flexibility index (Phi) is 5.30. The molecule has 0 saturated heterocycles. The number of nitrogens with one attached hydrogen (secondary N) is 2. The van der Waals surface area contributed by atoms with Crippen LogP contribution in [0.1, 0.15) is 47.1 Å². The summed E-state index contributed by atoms with van der Waals surface area (Å²) < 4.78 is 0. The normalized spacial score (nSPS) is 19.1. The van der Waals surface area contributed by atoms with Crippen molar-refractivity contribution in [2.75, 3.05) is 0 Å². The topological polar surface area (TPSA) is 36.4 Å². The Labute approximate surface area is 140 Å². The third-order valence-corrected chi connectivity index (χ3v) is 4.15. The highest BCUT2D eigenvalue weighted by molar-refractivity contribution is 5.94. The van der Waals surface area contributed by atoms with Crippen molar-refractivity contribution >= 4 is 5.84 Å². The van der Waals surface area contributed by atoms with E-state index in [1.165, 1.54) is 11.1 Å². The Bertz CT molecular complexity index is 620. The van der Waals surface area contributed by atoms with Gasteiger partial charge in [-0.1, -0.05) is 55.8 Å². The smallest absolute Gasteiger partial charge is 0.130 e. The molecule has 0 saturated carbocycles. The van der Waals surface area contributed by atoms with Crippen LogP contribution in [-0.2, 0) is 5.41 Å². The van der Waals surface area contributed by atoms with Crippen molar-refractivity contribution in [2.24, 2.45) is 4.99 Å². The highest BCUT2D eigenvalue weighted by atomic mass is 15.2.